The summed E-state index contributed by atoms with van der Waals surface area (Å²) in [7, 11) is 0. The molecule has 0 fully saturated rings. The minimum absolute atomic E-state index is 0.182. The van der Waals surface area contributed by atoms with Gasteiger partial charge in [0.05, 0.1) is 0 Å². The van der Waals surface area contributed by atoms with Gasteiger partial charge in [0.1, 0.15) is 5.82 Å². The van der Waals surface area contributed by atoms with Gasteiger partial charge in [-0.15, -0.1) is 0 Å². The fourth-order valence-corrected chi connectivity index (χ4v) is 1.58. The van der Waals surface area contributed by atoms with Crippen molar-refractivity contribution in [3.8, 4) is 0 Å². The Morgan fingerprint density at radius 1 is 1.27 bits per heavy atom. The van der Waals surface area contributed by atoms with E-state index in [0.717, 1.165) is 16.7 Å². The number of hydrogen-bond donors (Lipinski definition) is 0. The molecule has 0 N–H and O–H groups in total. The van der Waals surface area contributed by atoms with Gasteiger partial charge < -0.3 is 0 Å². The lowest BCUT2D eigenvalue weighted by molar-refractivity contribution is 0.627. The third-order valence-electron chi connectivity index (χ3n) is 2.36. The number of halogens is 1. The quantitative estimate of drug-likeness (QED) is 0.622. The van der Waals surface area contributed by atoms with Crippen LogP contribution in [-0.2, 0) is 0 Å². The molecule has 1 rings (SSSR count). The molecule has 0 nitrogen and oxygen atoms in total. The lowest BCUT2D eigenvalue weighted by Crippen LogP contribution is -1.90. The monoisotopic (exact) mass is 204 g/mol. The van der Waals surface area contributed by atoms with E-state index in [2.05, 4.69) is 0 Å². The molecule has 0 aromatic heterocycles. The number of rotatable bonds is 2. The van der Waals surface area contributed by atoms with Crippen molar-refractivity contribution in [2.75, 3.05) is 0 Å². The Bertz CT molecular complexity index is 407. The predicted octanol–water partition coefficient (Wildman–Crippen LogP) is 4.50. The highest BCUT2D eigenvalue weighted by Gasteiger charge is 2.05. The normalized spacial score (nSPS) is 10.7. The molecule has 1 aromatic carbocycles. The molecule has 1 aromatic rings. The van der Waals surface area contributed by atoms with Gasteiger partial charge in [0, 0.05) is 0 Å². The molecule has 80 valence electrons. The first kappa shape index (κ1) is 11.7. The summed E-state index contributed by atoms with van der Waals surface area (Å²) in [6.07, 6.45) is 4.00. The Morgan fingerprint density at radius 2 is 1.93 bits per heavy atom. The van der Waals surface area contributed by atoms with Crippen molar-refractivity contribution < 1.29 is 4.39 Å². The zero-order valence-electron chi connectivity index (χ0n) is 9.76. The van der Waals surface area contributed by atoms with E-state index in [1.54, 1.807) is 6.07 Å². The second-order valence-corrected chi connectivity index (χ2v) is 3.87. The van der Waals surface area contributed by atoms with E-state index in [9.17, 15) is 4.39 Å². The van der Waals surface area contributed by atoms with Crippen LogP contribution < -0.4 is 0 Å². The molecule has 0 heterocycles. The zero-order valence-corrected chi connectivity index (χ0v) is 9.76. The average Bonchev–Trinajstić information content (AvgIpc) is 2.18. The van der Waals surface area contributed by atoms with Crippen LogP contribution in [0.15, 0.2) is 35.9 Å². The standard InChI is InChI=1S/C14H17F/c1-5-6-13(10(2)3)14-9-12(15)8-7-11(14)4/h5-9H,1-4H3/b6-5-. The Balaban J connectivity index is 3.36. The van der Waals surface area contributed by atoms with Crippen molar-refractivity contribution in [3.63, 3.8) is 0 Å². The highest BCUT2D eigenvalue weighted by atomic mass is 19.1. The molecular formula is C14H17F. The molecule has 0 amide bonds. The molecule has 0 aliphatic rings. The predicted molar refractivity (Wildman–Crippen MR) is 64.2 cm³/mol. The van der Waals surface area contributed by atoms with E-state index >= 15 is 0 Å². The Morgan fingerprint density at radius 3 is 2.47 bits per heavy atom. The van der Waals surface area contributed by atoms with Crippen LogP contribution in [0, 0.1) is 12.7 Å². The van der Waals surface area contributed by atoms with Crippen LogP contribution in [-0.4, -0.2) is 0 Å². The molecule has 1 heteroatoms. The molecular weight excluding hydrogens is 187 g/mol. The topological polar surface area (TPSA) is 0 Å². The van der Waals surface area contributed by atoms with E-state index in [1.165, 1.54) is 11.6 Å². The Kier molecular flexibility index (Phi) is 3.84. The number of benzene rings is 1. The van der Waals surface area contributed by atoms with Gasteiger partial charge in [-0.05, 0) is 56.5 Å². The summed E-state index contributed by atoms with van der Waals surface area (Å²) < 4.78 is 13.2. The first-order valence-electron chi connectivity index (χ1n) is 5.13. The minimum Gasteiger partial charge on any atom is -0.207 e. The molecule has 0 radical (unpaired) electrons. The Labute approximate surface area is 91.1 Å². The summed E-state index contributed by atoms with van der Waals surface area (Å²) in [5.74, 6) is -0.182. The third-order valence-corrected chi connectivity index (χ3v) is 2.36. The van der Waals surface area contributed by atoms with Crippen LogP contribution in [0.2, 0.25) is 0 Å². The lowest BCUT2D eigenvalue weighted by Gasteiger charge is -2.09. The van der Waals surface area contributed by atoms with Crippen molar-refractivity contribution in [2.24, 2.45) is 0 Å². The van der Waals surface area contributed by atoms with Gasteiger partial charge >= 0.3 is 0 Å². The van der Waals surface area contributed by atoms with Gasteiger partial charge in [0.2, 0.25) is 0 Å². The molecule has 0 saturated heterocycles. The summed E-state index contributed by atoms with van der Waals surface area (Å²) in [5, 5.41) is 0. The first-order valence-corrected chi connectivity index (χ1v) is 5.13. The maximum atomic E-state index is 13.2. The first-order chi connectivity index (χ1) is 7.06. The summed E-state index contributed by atoms with van der Waals surface area (Å²) in [5.41, 5.74) is 4.38. The third kappa shape index (κ3) is 2.79. The fourth-order valence-electron chi connectivity index (χ4n) is 1.58. The summed E-state index contributed by atoms with van der Waals surface area (Å²) in [4.78, 5) is 0. The second-order valence-electron chi connectivity index (χ2n) is 3.87. The van der Waals surface area contributed by atoms with Crippen molar-refractivity contribution in [1.29, 1.82) is 0 Å². The molecule has 0 saturated carbocycles. The maximum absolute atomic E-state index is 13.2. The highest BCUT2D eigenvalue weighted by Crippen LogP contribution is 2.24. The summed E-state index contributed by atoms with van der Waals surface area (Å²) >= 11 is 0. The summed E-state index contributed by atoms with van der Waals surface area (Å²) in [6.45, 7) is 8.05. The molecule has 15 heavy (non-hydrogen) atoms. The van der Waals surface area contributed by atoms with Crippen molar-refractivity contribution in [1.82, 2.24) is 0 Å². The van der Waals surface area contributed by atoms with Crippen LogP contribution >= 0.6 is 0 Å². The molecule has 0 atom stereocenters. The van der Waals surface area contributed by atoms with Gasteiger partial charge in [-0.1, -0.05) is 23.8 Å². The van der Waals surface area contributed by atoms with E-state index in [-0.39, 0.29) is 5.82 Å². The van der Waals surface area contributed by atoms with Crippen LogP contribution in [0.25, 0.3) is 5.57 Å². The largest absolute Gasteiger partial charge is 0.207 e. The fraction of sp³-hybridized carbons (Fsp3) is 0.286. The van der Waals surface area contributed by atoms with Crippen LogP contribution in [0.4, 0.5) is 4.39 Å². The van der Waals surface area contributed by atoms with Crippen LogP contribution in [0.5, 0.6) is 0 Å². The van der Waals surface area contributed by atoms with Crippen molar-refractivity contribution in [3.05, 3.63) is 52.9 Å². The van der Waals surface area contributed by atoms with Crippen molar-refractivity contribution in [2.45, 2.75) is 27.7 Å². The smallest absolute Gasteiger partial charge is 0.123 e. The van der Waals surface area contributed by atoms with Gasteiger partial charge in [0.25, 0.3) is 0 Å². The number of hydrogen-bond acceptors (Lipinski definition) is 0. The molecule has 0 unspecified atom stereocenters. The minimum atomic E-state index is -0.182. The zero-order chi connectivity index (χ0) is 11.4. The van der Waals surface area contributed by atoms with E-state index < -0.39 is 0 Å². The van der Waals surface area contributed by atoms with Gasteiger partial charge in [-0.2, -0.15) is 0 Å². The number of allylic oxidation sites excluding steroid dienone is 4. The second kappa shape index (κ2) is 4.92. The Hall–Kier alpha value is -1.37. The maximum Gasteiger partial charge on any atom is 0.123 e. The summed E-state index contributed by atoms with van der Waals surface area (Å²) in [6, 6.07) is 4.91. The molecule has 0 bridgehead atoms. The van der Waals surface area contributed by atoms with E-state index in [1.807, 2.05) is 45.9 Å². The molecule has 0 spiro atoms. The molecule has 0 aliphatic heterocycles. The van der Waals surface area contributed by atoms with Crippen molar-refractivity contribution >= 4 is 5.57 Å². The average molecular weight is 204 g/mol. The van der Waals surface area contributed by atoms with Crippen LogP contribution in [0.3, 0.4) is 0 Å². The lowest BCUT2D eigenvalue weighted by atomic mass is 9.96. The van der Waals surface area contributed by atoms with Gasteiger partial charge in [0.15, 0.2) is 0 Å². The van der Waals surface area contributed by atoms with E-state index in [4.69, 9.17) is 0 Å². The van der Waals surface area contributed by atoms with Gasteiger partial charge in [-0.25, -0.2) is 4.39 Å². The number of aryl methyl sites for hydroxylation is 1. The molecule has 0 aliphatic carbocycles. The van der Waals surface area contributed by atoms with E-state index in [0.29, 0.717) is 0 Å². The highest BCUT2D eigenvalue weighted by molar-refractivity contribution is 5.77. The van der Waals surface area contributed by atoms with Crippen LogP contribution in [0.1, 0.15) is 31.9 Å². The SMILES string of the molecule is C/C=C\C(=C(C)C)c1cc(F)ccc1C. The van der Waals surface area contributed by atoms with Gasteiger partial charge in [-0.3, -0.25) is 0 Å².